The lowest BCUT2D eigenvalue weighted by Gasteiger charge is -2.09. The maximum atomic E-state index is 11.8. The van der Waals surface area contributed by atoms with Gasteiger partial charge in [-0.15, -0.1) is 0 Å². The second-order valence-corrected chi connectivity index (χ2v) is 6.12. The summed E-state index contributed by atoms with van der Waals surface area (Å²) in [6.45, 7) is 2.58. The van der Waals surface area contributed by atoms with E-state index in [0.29, 0.717) is 35.3 Å². The lowest BCUT2D eigenvalue weighted by molar-refractivity contribution is -0.121. The Hall–Kier alpha value is -0.810. The van der Waals surface area contributed by atoms with E-state index in [9.17, 15) is 4.79 Å². The average Bonchev–Trinajstić information content (AvgIpc) is 2.97. The first kappa shape index (κ1) is 16.6. The topological polar surface area (TPSA) is 53.2 Å². The van der Waals surface area contributed by atoms with Gasteiger partial charge in [-0.2, -0.15) is 0 Å². The lowest BCUT2D eigenvalue weighted by Crippen LogP contribution is -2.25. The molecule has 0 aromatic heterocycles. The van der Waals surface area contributed by atoms with Crippen LogP contribution in [0.25, 0.3) is 0 Å². The molecule has 2 rings (SSSR count). The molecule has 0 spiro atoms. The van der Waals surface area contributed by atoms with Crippen LogP contribution in [-0.4, -0.2) is 25.5 Å². The number of carbonyl (C=O) groups excluding carboxylic acids is 1. The normalized spacial score (nSPS) is 15.3. The first-order chi connectivity index (χ1) is 10.2. The van der Waals surface area contributed by atoms with Crippen LogP contribution in [0.4, 0.5) is 0 Å². The number of halogens is 2. The van der Waals surface area contributed by atoms with Crippen LogP contribution < -0.4 is 16.2 Å². The molecule has 1 heterocycles. The van der Waals surface area contributed by atoms with Crippen LogP contribution in [0.2, 0.25) is 10.0 Å². The third-order valence-corrected chi connectivity index (χ3v) is 4.53. The van der Waals surface area contributed by atoms with Crippen molar-refractivity contribution in [1.82, 2.24) is 16.2 Å². The van der Waals surface area contributed by atoms with Gasteiger partial charge in [0.15, 0.2) is 0 Å². The fraction of sp³-hybridized carbons (Fsp3) is 0.533. The summed E-state index contributed by atoms with van der Waals surface area (Å²) in [6, 6.07) is 5.56. The van der Waals surface area contributed by atoms with Gasteiger partial charge < -0.3 is 5.32 Å². The van der Waals surface area contributed by atoms with Crippen LogP contribution in [0.15, 0.2) is 18.2 Å². The number of benzene rings is 1. The summed E-state index contributed by atoms with van der Waals surface area (Å²) in [6.07, 6.45) is 3.28. The highest BCUT2D eigenvalue weighted by molar-refractivity contribution is 6.42. The van der Waals surface area contributed by atoms with Crippen molar-refractivity contribution in [3.63, 3.8) is 0 Å². The predicted octanol–water partition coefficient (Wildman–Crippen LogP) is 2.55. The Labute approximate surface area is 135 Å². The molecule has 3 N–H and O–H groups in total. The zero-order chi connectivity index (χ0) is 15.1. The monoisotopic (exact) mass is 329 g/mol. The van der Waals surface area contributed by atoms with Crippen LogP contribution in [-0.2, 0) is 11.2 Å². The quantitative estimate of drug-likeness (QED) is 0.720. The summed E-state index contributed by atoms with van der Waals surface area (Å²) in [5.74, 6) is 0.745. The van der Waals surface area contributed by atoms with Crippen molar-refractivity contribution in [2.45, 2.75) is 25.7 Å². The number of hydrogen-bond acceptors (Lipinski definition) is 3. The predicted molar refractivity (Wildman–Crippen MR) is 86.5 cm³/mol. The van der Waals surface area contributed by atoms with Gasteiger partial charge in [0.25, 0.3) is 0 Å². The Balaban J connectivity index is 1.61. The molecular formula is C15H21Cl2N3O. The maximum absolute atomic E-state index is 11.8. The van der Waals surface area contributed by atoms with Crippen LogP contribution in [0.5, 0.6) is 0 Å². The van der Waals surface area contributed by atoms with Gasteiger partial charge in [-0.05, 0) is 36.8 Å². The van der Waals surface area contributed by atoms with Crippen molar-refractivity contribution in [2.24, 2.45) is 5.92 Å². The molecule has 21 heavy (non-hydrogen) atoms. The lowest BCUT2D eigenvalue weighted by atomic mass is 10.0. The van der Waals surface area contributed by atoms with Crippen molar-refractivity contribution < 1.29 is 4.79 Å². The molecule has 1 amide bonds. The van der Waals surface area contributed by atoms with E-state index in [2.05, 4.69) is 16.2 Å². The minimum atomic E-state index is 0.104. The number of hydrazine groups is 1. The number of nitrogens with one attached hydrogen (secondary N) is 3. The fourth-order valence-electron chi connectivity index (χ4n) is 2.43. The molecule has 1 fully saturated rings. The molecule has 0 saturated carbocycles. The molecule has 1 aromatic carbocycles. The second-order valence-electron chi connectivity index (χ2n) is 5.33. The minimum absolute atomic E-state index is 0.104. The fourth-order valence-corrected chi connectivity index (χ4v) is 2.84. The number of hydrogen-bond donors (Lipinski definition) is 3. The number of amides is 1. The molecule has 1 aromatic rings. The molecule has 0 bridgehead atoms. The molecule has 6 heteroatoms. The average molecular weight is 330 g/mol. The first-order valence-electron chi connectivity index (χ1n) is 7.32. The van der Waals surface area contributed by atoms with Crippen LogP contribution in [0.3, 0.4) is 0 Å². The van der Waals surface area contributed by atoms with Crippen LogP contribution in [0.1, 0.15) is 24.8 Å². The van der Waals surface area contributed by atoms with Crippen molar-refractivity contribution >= 4 is 29.1 Å². The molecule has 116 valence electrons. The summed E-state index contributed by atoms with van der Waals surface area (Å²) in [7, 11) is 0. The smallest absolute Gasteiger partial charge is 0.220 e. The van der Waals surface area contributed by atoms with Gasteiger partial charge >= 0.3 is 0 Å². The molecular weight excluding hydrogens is 309 g/mol. The molecule has 1 aliphatic rings. The van der Waals surface area contributed by atoms with Crippen molar-refractivity contribution in [1.29, 1.82) is 0 Å². The first-order valence-corrected chi connectivity index (χ1v) is 8.07. The molecule has 0 aliphatic carbocycles. The maximum Gasteiger partial charge on any atom is 0.220 e. The summed E-state index contributed by atoms with van der Waals surface area (Å²) in [4.78, 5) is 11.8. The highest BCUT2D eigenvalue weighted by Crippen LogP contribution is 2.25. The van der Waals surface area contributed by atoms with Crippen molar-refractivity contribution in [3.8, 4) is 0 Å². The minimum Gasteiger partial charge on any atom is -0.356 e. The Morgan fingerprint density at radius 2 is 2.05 bits per heavy atom. The third kappa shape index (κ3) is 5.47. The highest BCUT2D eigenvalue weighted by atomic mass is 35.5. The van der Waals surface area contributed by atoms with Gasteiger partial charge in [-0.1, -0.05) is 35.3 Å². The van der Waals surface area contributed by atoms with Gasteiger partial charge in [-0.3, -0.25) is 15.6 Å². The summed E-state index contributed by atoms with van der Waals surface area (Å²) < 4.78 is 0. The molecule has 0 radical (unpaired) electrons. The molecule has 0 atom stereocenters. The number of rotatable bonds is 7. The van der Waals surface area contributed by atoms with Crippen molar-refractivity contribution in [3.05, 3.63) is 33.8 Å². The largest absolute Gasteiger partial charge is 0.356 e. The standard InChI is InChI=1S/C15H21Cl2N3O/c16-13-5-2-4-12(15(13)17)7-8-18-14(21)6-1-3-11-9-19-20-10-11/h2,4-5,11,19-20H,1,3,6-10H2,(H,18,21). The van der Waals surface area contributed by atoms with E-state index in [1.165, 1.54) is 0 Å². The number of carbonyl (C=O) groups is 1. The zero-order valence-corrected chi connectivity index (χ0v) is 13.4. The van der Waals surface area contributed by atoms with E-state index >= 15 is 0 Å². The van der Waals surface area contributed by atoms with E-state index in [1.807, 2.05) is 12.1 Å². The Bertz CT molecular complexity index is 476. The summed E-state index contributed by atoms with van der Waals surface area (Å²) >= 11 is 12.1. The Morgan fingerprint density at radius 3 is 2.81 bits per heavy atom. The van der Waals surface area contributed by atoms with Gasteiger partial charge in [0.05, 0.1) is 10.0 Å². The molecule has 1 aliphatic heterocycles. The van der Waals surface area contributed by atoms with E-state index in [4.69, 9.17) is 23.2 Å². The molecule has 4 nitrogen and oxygen atoms in total. The van der Waals surface area contributed by atoms with E-state index in [1.54, 1.807) is 6.07 Å². The second kappa shape index (κ2) is 8.59. The van der Waals surface area contributed by atoms with Gasteiger partial charge in [0.2, 0.25) is 5.91 Å². The molecule has 0 unspecified atom stereocenters. The van der Waals surface area contributed by atoms with Gasteiger partial charge in [0, 0.05) is 26.1 Å². The van der Waals surface area contributed by atoms with Crippen LogP contribution in [0, 0.1) is 5.92 Å². The van der Waals surface area contributed by atoms with Gasteiger partial charge in [-0.25, -0.2) is 0 Å². The van der Waals surface area contributed by atoms with Gasteiger partial charge in [0.1, 0.15) is 0 Å². The van der Waals surface area contributed by atoms with Crippen molar-refractivity contribution in [2.75, 3.05) is 19.6 Å². The SMILES string of the molecule is O=C(CCCC1CNNC1)NCCc1cccc(Cl)c1Cl. The Kier molecular flexibility index (Phi) is 6.77. The Morgan fingerprint density at radius 1 is 1.29 bits per heavy atom. The molecule has 1 saturated heterocycles. The summed E-state index contributed by atoms with van der Waals surface area (Å²) in [5, 5.41) is 4.06. The zero-order valence-electron chi connectivity index (χ0n) is 11.9. The summed E-state index contributed by atoms with van der Waals surface area (Å²) in [5.41, 5.74) is 7.16. The van der Waals surface area contributed by atoms with E-state index < -0.39 is 0 Å². The van der Waals surface area contributed by atoms with Crippen LogP contribution >= 0.6 is 23.2 Å². The third-order valence-electron chi connectivity index (χ3n) is 3.67. The highest BCUT2D eigenvalue weighted by Gasteiger charge is 2.14. The van der Waals surface area contributed by atoms with E-state index in [0.717, 1.165) is 31.5 Å². The van der Waals surface area contributed by atoms with E-state index in [-0.39, 0.29) is 5.91 Å².